The fourth-order valence-corrected chi connectivity index (χ4v) is 0.181. The van der Waals surface area contributed by atoms with Crippen LogP contribution in [0.5, 0.6) is 0 Å². The van der Waals surface area contributed by atoms with Gasteiger partial charge in [0.05, 0.1) is 5.57 Å². The third-order valence-electron chi connectivity index (χ3n) is 0.582. The Morgan fingerprint density at radius 1 is 1.75 bits per heavy atom. The van der Waals surface area contributed by atoms with Crippen molar-refractivity contribution in [2.45, 2.75) is 0 Å². The van der Waals surface area contributed by atoms with E-state index >= 15 is 0 Å². The summed E-state index contributed by atoms with van der Waals surface area (Å²) in [5.41, 5.74) is 4.59. The van der Waals surface area contributed by atoms with E-state index in [0.717, 1.165) is 6.20 Å². The highest BCUT2D eigenvalue weighted by atomic mass is 16.4. The van der Waals surface area contributed by atoms with E-state index in [2.05, 4.69) is 0 Å². The molecular formula is C4H6N2O2. The van der Waals surface area contributed by atoms with E-state index < -0.39 is 5.97 Å². The zero-order valence-electron chi connectivity index (χ0n) is 4.09. The number of hydrogen-bond donors (Lipinski definition) is 3. The topological polar surface area (TPSA) is 87.2 Å². The highest BCUT2D eigenvalue weighted by molar-refractivity contribution is 6.07. The summed E-state index contributed by atoms with van der Waals surface area (Å²) in [6.45, 7) is 0. The van der Waals surface area contributed by atoms with Crippen LogP contribution in [0.15, 0.2) is 11.8 Å². The third-order valence-corrected chi connectivity index (χ3v) is 0.582. The molecule has 0 aromatic rings. The molecule has 0 aliphatic heterocycles. The predicted molar refractivity (Wildman–Crippen MR) is 28.7 cm³/mol. The molecule has 0 aliphatic rings. The summed E-state index contributed by atoms with van der Waals surface area (Å²) in [6.07, 6.45) is 1.55. The Kier molecular flexibility index (Phi) is 2.33. The second kappa shape index (κ2) is 2.79. The van der Waals surface area contributed by atoms with Crippen molar-refractivity contribution in [1.82, 2.24) is 0 Å². The molecule has 0 atom stereocenters. The molecule has 0 aromatic heterocycles. The van der Waals surface area contributed by atoms with Gasteiger partial charge in [0.25, 0.3) is 0 Å². The molecule has 4 heteroatoms. The van der Waals surface area contributed by atoms with Crippen molar-refractivity contribution in [2.75, 3.05) is 0 Å². The van der Waals surface area contributed by atoms with Crippen LogP contribution < -0.4 is 5.73 Å². The van der Waals surface area contributed by atoms with E-state index in [-0.39, 0.29) is 5.57 Å². The van der Waals surface area contributed by atoms with Crippen molar-refractivity contribution in [3.05, 3.63) is 11.8 Å². The normalized spacial score (nSPS) is 10.8. The lowest BCUT2D eigenvalue weighted by Crippen LogP contribution is -2.03. The molecule has 0 spiro atoms. The van der Waals surface area contributed by atoms with Gasteiger partial charge in [-0.3, -0.25) is 0 Å². The maximum absolute atomic E-state index is 9.86. The molecule has 8 heavy (non-hydrogen) atoms. The Balaban J connectivity index is 4.13. The fourth-order valence-electron chi connectivity index (χ4n) is 0.181. The molecule has 0 fully saturated rings. The maximum Gasteiger partial charge on any atom is 0.338 e. The second-order valence-corrected chi connectivity index (χ2v) is 1.07. The van der Waals surface area contributed by atoms with Crippen LogP contribution in [-0.4, -0.2) is 17.3 Å². The van der Waals surface area contributed by atoms with E-state index in [1.54, 1.807) is 0 Å². The lowest BCUT2D eigenvalue weighted by molar-refractivity contribution is -0.132. The molecule has 0 radical (unpaired) electrons. The SMILES string of the molecule is N=C/C(=C\N)C(=O)O. The van der Waals surface area contributed by atoms with Crippen LogP contribution in [0.4, 0.5) is 0 Å². The number of carbonyl (C=O) groups is 1. The number of carboxylic acids is 1. The minimum atomic E-state index is -1.18. The molecule has 4 nitrogen and oxygen atoms in total. The summed E-state index contributed by atoms with van der Waals surface area (Å²) in [5.74, 6) is -1.18. The first-order valence-corrected chi connectivity index (χ1v) is 1.88. The van der Waals surface area contributed by atoms with Crippen molar-refractivity contribution in [3.63, 3.8) is 0 Å². The molecule has 0 aromatic carbocycles. The highest BCUT2D eigenvalue weighted by Gasteiger charge is 1.98. The van der Waals surface area contributed by atoms with Crippen LogP contribution in [0.3, 0.4) is 0 Å². The van der Waals surface area contributed by atoms with Gasteiger partial charge in [-0.15, -0.1) is 0 Å². The minimum absolute atomic E-state index is 0.204. The van der Waals surface area contributed by atoms with Gasteiger partial charge >= 0.3 is 5.97 Å². The maximum atomic E-state index is 9.86. The molecule has 0 saturated heterocycles. The monoisotopic (exact) mass is 114 g/mol. The van der Waals surface area contributed by atoms with E-state index in [9.17, 15) is 4.79 Å². The van der Waals surface area contributed by atoms with Crippen LogP contribution in [0.1, 0.15) is 0 Å². The van der Waals surface area contributed by atoms with Crippen molar-refractivity contribution in [2.24, 2.45) is 5.73 Å². The summed E-state index contributed by atoms with van der Waals surface area (Å²) < 4.78 is 0. The zero-order valence-corrected chi connectivity index (χ0v) is 4.09. The van der Waals surface area contributed by atoms with Gasteiger partial charge in [0, 0.05) is 12.4 Å². The lowest BCUT2D eigenvalue weighted by Gasteiger charge is -1.85. The second-order valence-electron chi connectivity index (χ2n) is 1.07. The number of nitrogens with two attached hydrogens (primary N) is 1. The van der Waals surface area contributed by atoms with E-state index in [4.69, 9.17) is 16.2 Å². The van der Waals surface area contributed by atoms with Crippen LogP contribution in [-0.2, 0) is 4.79 Å². The number of nitrogens with one attached hydrogen (secondary N) is 1. The Labute approximate surface area is 46.1 Å². The molecule has 0 heterocycles. The number of carboxylic acid groups (broad SMARTS) is 1. The number of rotatable bonds is 2. The molecule has 4 N–H and O–H groups in total. The zero-order chi connectivity index (χ0) is 6.57. The van der Waals surface area contributed by atoms with Crippen LogP contribution in [0.25, 0.3) is 0 Å². The van der Waals surface area contributed by atoms with Gasteiger partial charge in [0.1, 0.15) is 0 Å². The Hall–Kier alpha value is -1.32. The van der Waals surface area contributed by atoms with Crippen molar-refractivity contribution >= 4 is 12.2 Å². The number of hydrogen-bond acceptors (Lipinski definition) is 3. The Morgan fingerprint density at radius 3 is 2.25 bits per heavy atom. The Morgan fingerprint density at radius 2 is 2.25 bits per heavy atom. The van der Waals surface area contributed by atoms with Gasteiger partial charge in [-0.2, -0.15) is 0 Å². The molecule has 0 amide bonds. The van der Waals surface area contributed by atoms with E-state index in [0.29, 0.717) is 6.21 Å². The first-order chi connectivity index (χ1) is 3.72. The molecule has 0 aliphatic carbocycles. The molecule has 0 unspecified atom stereocenters. The summed E-state index contributed by atoms with van der Waals surface area (Å²) in [6, 6.07) is 0. The molecule has 0 saturated carbocycles. The van der Waals surface area contributed by atoms with Crippen molar-refractivity contribution in [3.8, 4) is 0 Å². The van der Waals surface area contributed by atoms with E-state index in [1.807, 2.05) is 0 Å². The van der Waals surface area contributed by atoms with Gasteiger partial charge in [-0.05, 0) is 0 Å². The van der Waals surface area contributed by atoms with Crippen LogP contribution in [0.2, 0.25) is 0 Å². The number of aliphatic carboxylic acids is 1. The van der Waals surface area contributed by atoms with Crippen LogP contribution in [0, 0.1) is 5.41 Å². The largest absolute Gasteiger partial charge is 0.478 e. The molecule has 0 rings (SSSR count). The smallest absolute Gasteiger partial charge is 0.338 e. The van der Waals surface area contributed by atoms with E-state index in [1.165, 1.54) is 0 Å². The summed E-state index contributed by atoms with van der Waals surface area (Å²) in [7, 11) is 0. The quantitative estimate of drug-likeness (QED) is 0.336. The first kappa shape index (κ1) is 6.68. The van der Waals surface area contributed by atoms with Crippen LogP contribution >= 0.6 is 0 Å². The van der Waals surface area contributed by atoms with Gasteiger partial charge < -0.3 is 16.2 Å². The summed E-state index contributed by atoms with van der Waals surface area (Å²) in [4.78, 5) is 9.86. The van der Waals surface area contributed by atoms with Crippen molar-refractivity contribution < 1.29 is 9.90 Å². The fraction of sp³-hybridized carbons (Fsp3) is 0. The third kappa shape index (κ3) is 1.42. The Bertz CT molecular complexity index is 139. The summed E-state index contributed by atoms with van der Waals surface area (Å²) >= 11 is 0. The molecule has 44 valence electrons. The standard InChI is InChI=1S/C4H6N2O2/c5-1-3(2-6)4(7)8/h1-2,5H,6H2,(H,7,8)/b3-2+,5-1?. The molecular weight excluding hydrogens is 108 g/mol. The van der Waals surface area contributed by atoms with Crippen molar-refractivity contribution in [1.29, 1.82) is 5.41 Å². The minimum Gasteiger partial charge on any atom is -0.478 e. The highest BCUT2D eigenvalue weighted by Crippen LogP contribution is 1.82. The summed E-state index contributed by atoms with van der Waals surface area (Å²) in [5, 5.41) is 14.5. The molecule has 0 bridgehead atoms. The predicted octanol–water partition coefficient (Wildman–Crippen LogP) is -0.437. The van der Waals surface area contributed by atoms with Gasteiger partial charge in [-0.25, -0.2) is 4.79 Å². The average molecular weight is 114 g/mol. The van der Waals surface area contributed by atoms with Gasteiger partial charge in [0.2, 0.25) is 0 Å². The average Bonchev–Trinajstić information content (AvgIpc) is 1.69. The van der Waals surface area contributed by atoms with Gasteiger partial charge in [-0.1, -0.05) is 0 Å². The first-order valence-electron chi connectivity index (χ1n) is 1.88. The van der Waals surface area contributed by atoms with Gasteiger partial charge in [0.15, 0.2) is 0 Å². The lowest BCUT2D eigenvalue weighted by atomic mass is 10.3.